The predicted molar refractivity (Wildman–Crippen MR) is 92.4 cm³/mol. The molecule has 0 radical (unpaired) electrons. The van der Waals surface area contributed by atoms with Gasteiger partial charge in [0.1, 0.15) is 25.6 Å². The van der Waals surface area contributed by atoms with Crippen molar-refractivity contribution >= 4 is 28.1 Å². The fourth-order valence-corrected chi connectivity index (χ4v) is 2.40. The third-order valence-corrected chi connectivity index (χ3v) is 3.91. The van der Waals surface area contributed by atoms with E-state index in [4.69, 9.17) is 16.3 Å². The Balaban J connectivity index is 2.13. The Kier molecular flexibility index (Phi) is 4.12. The smallest absolute Gasteiger partial charge is 0.269 e. The summed E-state index contributed by atoms with van der Waals surface area (Å²) in [6.07, 6.45) is 4.00. The molecule has 3 heteroatoms. The molecule has 3 rings (SSSR count). The molecule has 0 unspecified atom stereocenters. The fourth-order valence-electron chi connectivity index (χ4n) is 2.28. The highest BCUT2D eigenvalue weighted by molar-refractivity contribution is 6.67. The average Bonchev–Trinajstić information content (AvgIpc) is 2.55. The first kappa shape index (κ1) is 14.6. The van der Waals surface area contributed by atoms with Gasteiger partial charge in [-0.25, -0.2) is 4.58 Å². The lowest BCUT2D eigenvalue weighted by molar-refractivity contribution is -0.461. The molecule has 1 aliphatic heterocycles. The number of nitrogens with zero attached hydrogens (tertiary/aromatic N) is 1. The van der Waals surface area contributed by atoms with Crippen molar-refractivity contribution < 1.29 is 9.31 Å². The van der Waals surface area contributed by atoms with Gasteiger partial charge in [-0.1, -0.05) is 48.5 Å². The second-order valence-electron chi connectivity index (χ2n) is 5.29. The van der Waals surface area contributed by atoms with E-state index in [9.17, 15) is 0 Å². The number of para-hydroxylation sites is 1. The lowest BCUT2D eigenvalue weighted by Crippen LogP contribution is -2.07. The molecule has 0 amide bonds. The molecule has 0 spiro atoms. The van der Waals surface area contributed by atoms with Crippen LogP contribution in [0.2, 0.25) is 0 Å². The number of benzene rings is 2. The van der Waals surface area contributed by atoms with Crippen LogP contribution in [0.25, 0.3) is 11.3 Å². The number of ether oxygens (including phenoxy) is 1. The van der Waals surface area contributed by atoms with Crippen molar-refractivity contribution in [1.82, 2.24) is 0 Å². The van der Waals surface area contributed by atoms with Gasteiger partial charge < -0.3 is 4.74 Å². The van der Waals surface area contributed by atoms with Crippen LogP contribution in [-0.4, -0.2) is 23.8 Å². The van der Waals surface area contributed by atoms with E-state index in [0.29, 0.717) is 5.17 Å². The summed E-state index contributed by atoms with van der Waals surface area (Å²) in [5, 5.41) is 0.676. The highest BCUT2D eigenvalue weighted by Crippen LogP contribution is 2.36. The Morgan fingerprint density at radius 2 is 1.68 bits per heavy atom. The molecule has 2 aromatic carbocycles. The fraction of sp³-hybridized carbons (Fsp3) is 0.105. The van der Waals surface area contributed by atoms with Crippen molar-refractivity contribution in [2.24, 2.45) is 0 Å². The van der Waals surface area contributed by atoms with E-state index in [2.05, 4.69) is 0 Å². The minimum Gasteiger partial charge on any atom is -0.456 e. The van der Waals surface area contributed by atoms with Gasteiger partial charge in [0.05, 0.1) is 0 Å². The van der Waals surface area contributed by atoms with E-state index in [1.807, 2.05) is 85.4 Å². The highest BCUT2D eigenvalue weighted by Gasteiger charge is 2.18. The summed E-state index contributed by atoms with van der Waals surface area (Å²) >= 11 is 6.31. The molecular weight excluding hydrogens is 294 g/mol. The number of fused-ring (bicyclic) bond motifs is 1. The topological polar surface area (TPSA) is 12.2 Å². The molecule has 22 heavy (non-hydrogen) atoms. The van der Waals surface area contributed by atoms with E-state index in [0.717, 1.165) is 28.2 Å². The number of halogens is 1. The molecule has 0 fully saturated rings. The molecule has 0 bridgehead atoms. The van der Waals surface area contributed by atoms with Gasteiger partial charge in [-0.3, -0.25) is 0 Å². The molecule has 0 N–H and O–H groups in total. The number of rotatable bonds is 2. The van der Waals surface area contributed by atoms with Crippen molar-refractivity contribution in [3.8, 4) is 5.75 Å². The van der Waals surface area contributed by atoms with Crippen LogP contribution < -0.4 is 4.74 Å². The van der Waals surface area contributed by atoms with Crippen molar-refractivity contribution in [2.45, 2.75) is 0 Å². The van der Waals surface area contributed by atoms with Crippen molar-refractivity contribution in [1.29, 1.82) is 0 Å². The lowest BCUT2D eigenvalue weighted by Gasteiger charge is -2.20. The Hall–Kier alpha value is -2.32. The number of hydrogen-bond donors (Lipinski definition) is 0. The summed E-state index contributed by atoms with van der Waals surface area (Å²) in [6, 6.07) is 18.1. The second kappa shape index (κ2) is 6.20. The molecule has 0 atom stereocenters. The van der Waals surface area contributed by atoms with Gasteiger partial charge in [0.15, 0.2) is 0 Å². The molecular formula is C19H17ClNO+. The first-order valence-electron chi connectivity index (χ1n) is 7.11. The normalized spacial score (nSPS) is 14.9. The summed E-state index contributed by atoms with van der Waals surface area (Å²) in [4.78, 5) is 0. The highest BCUT2D eigenvalue weighted by atomic mass is 35.5. The van der Waals surface area contributed by atoms with Gasteiger partial charge in [0.2, 0.25) is 0 Å². The summed E-state index contributed by atoms with van der Waals surface area (Å²) in [5.74, 6) is 1.67. The molecule has 0 saturated carbocycles. The molecule has 0 saturated heterocycles. The molecule has 0 aromatic heterocycles. The zero-order chi connectivity index (χ0) is 15.5. The summed E-state index contributed by atoms with van der Waals surface area (Å²) in [5.41, 5.74) is 3.13. The second-order valence-corrected chi connectivity index (χ2v) is 5.68. The van der Waals surface area contributed by atoms with Crippen LogP contribution in [0, 0.1) is 0 Å². The van der Waals surface area contributed by atoms with Crippen molar-refractivity contribution in [3.63, 3.8) is 0 Å². The largest absolute Gasteiger partial charge is 0.456 e. The van der Waals surface area contributed by atoms with E-state index in [1.54, 1.807) is 0 Å². The lowest BCUT2D eigenvalue weighted by atomic mass is 9.99. The van der Waals surface area contributed by atoms with Crippen LogP contribution in [0.5, 0.6) is 5.75 Å². The maximum absolute atomic E-state index is 6.31. The standard InChI is InChI=1S/C19H17ClNO/c1-21(2)19(20)13-15-12-18(14-8-4-3-5-9-14)22-17-11-7-6-10-16(15)17/h3-13H,1-2H3/q+1/b15-13+. The Labute approximate surface area is 135 Å². The summed E-state index contributed by atoms with van der Waals surface area (Å²) in [6.45, 7) is 0. The monoisotopic (exact) mass is 310 g/mol. The average molecular weight is 311 g/mol. The summed E-state index contributed by atoms with van der Waals surface area (Å²) in [7, 11) is 3.85. The van der Waals surface area contributed by atoms with Gasteiger partial charge in [-0.05, 0) is 29.3 Å². The van der Waals surface area contributed by atoms with Crippen LogP contribution in [0.1, 0.15) is 11.1 Å². The molecule has 110 valence electrons. The predicted octanol–water partition coefficient (Wildman–Crippen LogP) is 4.41. The van der Waals surface area contributed by atoms with E-state index < -0.39 is 0 Å². The summed E-state index contributed by atoms with van der Waals surface area (Å²) < 4.78 is 7.92. The molecule has 2 aromatic rings. The number of hydrogen-bond acceptors (Lipinski definition) is 1. The first-order chi connectivity index (χ1) is 10.6. The Morgan fingerprint density at radius 3 is 2.41 bits per heavy atom. The molecule has 1 aliphatic rings. The van der Waals surface area contributed by atoms with Crippen molar-refractivity contribution in [2.75, 3.05) is 14.1 Å². The Bertz CT molecular complexity index is 784. The third kappa shape index (κ3) is 2.97. The number of allylic oxidation sites excluding steroid dienone is 3. The van der Waals surface area contributed by atoms with Crippen LogP contribution in [-0.2, 0) is 0 Å². The SMILES string of the molecule is C[N+](C)=C(Cl)/C=C1\C=C(c2ccccc2)Oc2ccccc21. The maximum Gasteiger partial charge on any atom is 0.269 e. The van der Waals surface area contributed by atoms with Crippen LogP contribution >= 0.6 is 11.6 Å². The molecule has 1 heterocycles. The minimum absolute atomic E-state index is 0.676. The van der Waals surface area contributed by atoms with Crippen molar-refractivity contribution in [3.05, 3.63) is 77.9 Å². The van der Waals surface area contributed by atoms with E-state index in [-0.39, 0.29) is 0 Å². The van der Waals surface area contributed by atoms with Crippen LogP contribution in [0.15, 0.2) is 66.7 Å². The van der Waals surface area contributed by atoms with Gasteiger partial charge in [-0.15, -0.1) is 0 Å². The van der Waals surface area contributed by atoms with E-state index >= 15 is 0 Å². The third-order valence-electron chi connectivity index (χ3n) is 3.46. The minimum atomic E-state index is 0.676. The van der Waals surface area contributed by atoms with Gasteiger partial charge >= 0.3 is 0 Å². The molecule has 0 aliphatic carbocycles. The zero-order valence-electron chi connectivity index (χ0n) is 12.6. The van der Waals surface area contributed by atoms with Gasteiger partial charge in [0.25, 0.3) is 5.17 Å². The van der Waals surface area contributed by atoms with E-state index in [1.165, 1.54) is 0 Å². The maximum atomic E-state index is 6.31. The molecule has 2 nitrogen and oxygen atoms in total. The van der Waals surface area contributed by atoms with Gasteiger partial charge in [0, 0.05) is 17.2 Å². The zero-order valence-corrected chi connectivity index (χ0v) is 13.3. The Morgan fingerprint density at radius 1 is 1.00 bits per heavy atom. The quantitative estimate of drug-likeness (QED) is 0.591. The van der Waals surface area contributed by atoms with Crippen LogP contribution in [0.3, 0.4) is 0 Å². The first-order valence-corrected chi connectivity index (χ1v) is 7.49. The van der Waals surface area contributed by atoms with Gasteiger partial charge in [-0.2, -0.15) is 0 Å². The van der Waals surface area contributed by atoms with Crippen LogP contribution in [0.4, 0.5) is 0 Å².